The molecule has 5 nitrogen and oxygen atoms in total. The molecule has 0 aromatic carbocycles. The van der Waals surface area contributed by atoms with Crippen molar-refractivity contribution in [2.75, 3.05) is 27.3 Å². The van der Waals surface area contributed by atoms with Crippen molar-refractivity contribution in [2.24, 2.45) is 0 Å². The Hall–Kier alpha value is -2.01. The Morgan fingerprint density at radius 3 is 2.82 bits per heavy atom. The molecule has 0 atom stereocenters. The zero-order valence-corrected chi connectivity index (χ0v) is 13.8. The van der Waals surface area contributed by atoms with E-state index < -0.39 is 0 Å². The lowest BCUT2D eigenvalue weighted by molar-refractivity contribution is 0.0778. The number of aromatic nitrogens is 1. The summed E-state index contributed by atoms with van der Waals surface area (Å²) in [5.41, 5.74) is 2.78. The molecule has 0 aliphatic heterocycles. The van der Waals surface area contributed by atoms with Gasteiger partial charge in [0.1, 0.15) is 5.76 Å². The maximum absolute atomic E-state index is 12.6. The second-order valence-electron chi connectivity index (χ2n) is 5.52. The summed E-state index contributed by atoms with van der Waals surface area (Å²) in [5, 5.41) is 0. The summed E-state index contributed by atoms with van der Waals surface area (Å²) in [6.45, 7) is 5.98. The number of ether oxygens (including phenoxy) is 1. The molecule has 2 heterocycles. The van der Waals surface area contributed by atoms with Gasteiger partial charge in [-0.05, 0) is 38.5 Å². The Morgan fingerprint density at radius 1 is 1.41 bits per heavy atom. The molecule has 0 aliphatic rings. The molecule has 5 heteroatoms. The Morgan fingerprint density at radius 2 is 2.18 bits per heavy atom. The van der Waals surface area contributed by atoms with Gasteiger partial charge in [-0.2, -0.15) is 0 Å². The largest absolute Gasteiger partial charge is 0.467 e. The van der Waals surface area contributed by atoms with Crippen molar-refractivity contribution in [1.82, 2.24) is 9.47 Å². The summed E-state index contributed by atoms with van der Waals surface area (Å²) >= 11 is 0. The maximum Gasteiger partial charge on any atom is 0.255 e. The SMILES string of the molecule is COCCCN(C)C(=O)c1cc(C)n(Cc2ccco2)c1C. The second-order valence-corrected chi connectivity index (χ2v) is 5.52. The molecule has 2 aromatic rings. The second kappa shape index (κ2) is 7.31. The van der Waals surface area contributed by atoms with Crippen LogP contribution >= 0.6 is 0 Å². The molecule has 0 radical (unpaired) electrons. The van der Waals surface area contributed by atoms with Crippen molar-refractivity contribution in [2.45, 2.75) is 26.8 Å². The predicted octanol–water partition coefficient (Wildman–Crippen LogP) is 2.85. The fourth-order valence-corrected chi connectivity index (χ4v) is 2.57. The van der Waals surface area contributed by atoms with Crippen LogP contribution in [0.15, 0.2) is 28.9 Å². The number of aryl methyl sites for hydroxylation is 1. The van der Waals surface area contributed by atoms with Gasteiger partial charge in [-0.15, -0.1) is 0 Å². The first-order chi connectivity index (χ1) is 10.5. The summed E-state index contributed by atoms with van der Waals surface area (Å²) in [4.78, 5) is 14.3. The van der Waals surface area contributed by atoms with Gasteiger partial charge in [0, 0.05) is 38.7 Å². The molecule has 0 unspecified atom stereocenters. The number of furan rings is 1. The van der Waals surface area contributed by atoms with Crippen molar-refractivity contribution >= 4 is 5.91 Å². The lowest BCUT2D eigenvalue weighted by Crippen LogP contribution is -2.28. The van der Waals surface area contributed by atoms with E-state index in [1.165, 1.54) is 0 Å². The highest BCUT2D eigenvalue weighted by Crippen LogP contribution is 2.19. The fourth-order valence-electron chi connectivity index (χ4n) is 2.57. The van der Waals surface area contributed by atoms with Gasteiger partial charge in [-0.3, -0.25) is 4.79 Å². The highest BCUT2D eigenvalue weighted by Gasteiger charge is 2.19. The van der Waals surface area contributed by atoms with Crippen LogP contribution in [0.3, 0.4) is 0 Å². The maximum atomic E-state index is 12.6. The normalized spacial score (nSPS) is 10.9. The smallest absolute Gasteiger partial charge is 0.255 e. The molecule has 0 spiro atoms. The van der Waals surface area contributed by atoms with Crippen molar-refractivity contribution in [3.05, 3.63) is 47.2 Å². The van der Waals surface area contributed by atoms with Crippen molar-refractivity contribution in [3.8, 4) is 0 Å². The van der Waals surface area contributed by atoms with E-state index >= 15 is 0 Å². The minimum Gasteiger partial charge on any atom is -0.467 e. The van der Waals surface area contributed by atoms with Crippen LogP contribution in [-0.2, 0) is 11.3 Å². The van der Waals surface area contributed by atoms with Crippen LogP contribution < -0.4 is 0 Å². The van der Waals surface area contributed by atoms with Gasteiger partial charge < -0.3 is 18.6 Å². The number of rotatable bonds is 7. The predicted molar refractivity (Wildman–Crippen MR) is 85.2 cm³/mol. The number of amides is 1. The third-order valence-corrected chi connectivity index (χ3v) is 3.89. The van der Waals surface area contributed by atoms with Crippen LogP contribution in [0, 0.1) is 13.8 Å². The minimum absolute atomic E-state index is 0.0508. The van der Waals surface area contributed by atoms with Gasteiger partial charge >= 0.3 is 0 Å². The summed E-state index contributed by atoms with van der Waals surface area (Å²) in [5.74, 6) is 0.934. The quantitative estimate of drug-likeness (QED) is 0.739. The van der Waals surface area contributed by atoms with Gasteiger partial charge in [0.05, 0.1) is 18.4 Å². The minimum atomic E-state index is 0.0508. The molecule has 2 rings (SSSR count). The number of carbonyl (C=O) groups is 1. The number of methoxy groups -OCH3 is 1. The Kier molecular flexibility index (Phi) is 5.44. The summed E-state index contributed by atoms with van der Waals surface area (Å²) < 4.78 is 12.5. The molecular weight excluding hydrogens is 280 g/mol. The summed E-state index contributed by atoms with van der Waals surface area (Å²) in [6, 6.07) is 5.77. The molecule has 120 valence electrons. The molecule has 0 saturated carbocycles. The van der Waals surface area contributed by atoms with Crippen LogP contribution in [0.2, 0.25) is 0 Å². The van der Waals surface area contributed by atoms with E-state index in [1.807, 2.05) is 39.1 Å². The summed E-state index contributed by atoms with van der Waals surface area (Å²) in [7, 11) is 3.50. The van der Waals surface area contributed by atoms with E-state index in [1.54, 1.807) is 18.3 Å². The molecule has 0 fully saturated rings. The van der Waals surface area contributed by atoms with Gasteiger partial charge in [0.25, 0.3) is 5.91 Å². The van der Waals surface area contributed by atoms with Crippen LogP contribution in [0.25, 0.3) is 0 Å². The van der Waals surface area contributed by atoms with E-state index in [9.17, 15) is 4.79 Å². The molecule has 2 aromatic heterocycles. The Labute approximate surface area is 131 Å². The average Bonchev–Trinajstić information content (AvgIpc) is 3.10. The van der Waals surface area contributed by atoms with Crippen molar-refractivity contribution in [3.63, 3.8) is 0 Å². The van der Waals surface area contributed by atoms with Gasteiger partial charge in [-0.1, -0.05) is 0 Å². The lowest BCUT2D eigenvalue weighted by Gasteiger charge is -2.17. The van der Waals surface area contributed by atoms with Crippen LogP contribution in [0.5, 0.6) is 0 Å². The molecule has 0 aliphatic carbocycles. The number of nitrogens with zero attached hydrogens (tertiary/aromatic N) is 2. The molecule has 22 heavy (non-hydrogen) atoms. The average molecular weight is 304 g/mol. The van der Waals surface area contributed by atoms with Gasteiger partial charge in [-0.25, -0.2) is 0 Å². The van der Waals surface area contributed by atoms with E-state index in [-0.39, 0.29) is 5.91 Å². The van der Waals surface area contributed by atoms with Crippen molar-refractivity contribution in [1.29, 1.82) is 0 Å². The molecule has 1 amide bonds. The topological polar surface area (TPSA) is 47.6 Å². The zero-order valence-electron chi connectivity index (χ0n) is 13.8. The monoisotopic (exact) mass is 304 g/mol. The molecular formula is C17H24N2O3. The van der Waals surface area contributed by atoms with Crippen LogP contribution in [0.4, 0.5) is 0 Å². The highest BCUT2D eigenvalue weighted by atomic mass is 16.5. The van der Waals surface area contributed by atoms with E-state index in [0.717, 1.165) is 29.1 Å². The molecule has 0 N–H and O–H groups in total. The zero-order chi connectivity index (χ0) is 16.1. The van der Waals surface area contributed by atoms with E-state index in [4.69, 9.17) is 9.15 Å². The van der Waals surface area contributed by atoms with Gasteiger partial charge in [0.2, 0.25) is 0 Å². The fraction of sp³-hybridized carbons (Fsp3) is 0.471. The number of hydrogen-bond donors (Lipinski definition) is 0. The van der Waals surface area contributed by atoms with Gasteiger partial charge in [0.15, 0.2) is 0 Å². The third kappa shape index (κ3) is 3.60. The number of hydrogen-bond acceptors (Lipinski definition) is 3. The summed E-state index contributed by atoms with van der Waals surface area (Å²) in [6.07, 6.45) is 2.50. The lowest BCUT2D eigenvalue weighted by atomic mass is 10.2. The highest BCUT2D eigenvalue weighted by molar-refractivity contribution is 5.95. The first-order valence-corrected chi connectivity index (χ1v) is 7.48. The van der Waals surface area contributed by atoms with Crippen LogP contribution in [0.1, 0.15) is 33.9 Å². The Bertz CT molecular complexity index is 614. The van der Waals surface area contributed by atoms with Crippen LogP contribution in [-0.4, -0.2) is 42.7 Å². The third-order valence-electron chi connectivity index (χ3n) is 3.89. The Balaban J connectivity index is 2.13. The number of carbonyl (C=O) groups excluding carboxylic acids is 1. The van der Waals surface area contributed by atoms with E-state index in [0.29, 0.717) is 19.7 Å². The first kappa shape index (κ1) is 16.4. The first-order valence-electron chi connectivity index (χ1n) is 7.48. The van der Waals surface area contributed by atoms with E-state index in [2.05, 4.69) is 4.57 Å². The standard InChI is InChI=1S/C17H24N2O3/c1-13-11-16(17(20)18(3)8-6-9-21-4)14(2)19(13)12-15-7-5-10-22-15/h5,7,10-11H,6,8-9,12H2,1-4H3. The molecule has 0 saturated heterocycles. The molecule has 0 bridgehead atoms. The van der Waals surface area contributed by atoms with Crippen molar-refractivity contribution < 1.29 is 13.9 Å².